The molecule has 0 aromatic heterocycles. The Balaban J connectivity index is 3.03. The van der Waals surface area contributed by atoms with Crippen LogP contribution in [-0.4, -0.2) is 22.3 Å². The molecule has 0 spiro atoms. The first-order chi connectivity index (χ1) is 6.46. The molecular formula is C11H12O3. The molecule has 0 aliphatic rings. The summed E-state index contributed by atoms with van der Waals surface area (Å²) in [5.41, 5.74) is -1.57. The summed E-state index contributed by atoms with van der Waals surface area (Å²) < 4.78 is 0. The fraction of sp³-hybridized carbons (Fsp3) is 0.273. The third-order valence-electron chi connectivity index (χ3n) is 2.16. The second-order valence-corrected chi connectivity index (χ2v) is 3.32. The lowest BCUT2D eigenvalue weighted by Gasteiger charge is -2.17. The lowest BCUT2D eigenvalue weighted by atomic mass is 9.91. The van der Waals surface area contributed by atoms with E-state index in [1.165, 1.54) is 13.8 Å². The molecule has 0 aliphatic carbocycles. The molecule has 1 rings (SSSR count). The molecule has 1 atom stereocenters. The second kappa shape index (κ2) is 3.72. The van der Waals surface area contributed by atoms with Gasteiger partial charge in [0, 0.05) is 5.56 Å². The molecule has 3 nitrogen and oxygen atoms in total. The number of carbonyl (C=O) groups excluding carboxylic acids is 2. The van der Waals surface area contributed by atoms with E-state index in [1.807, 2.05) is 0 Å². The van der Waals surface area contributed by atoms with Crippen LogP contribution < -0.4 is 0 Å². The summed E-state index contributed by atoms with van der Waals surface area (Å²) in [5, 5.41) is 9.61. The average Bonchev–Trinajstić information content (AvgIpc) is 2.17. The summed E-state index contributed by atoms with van der Waals surface area (Å²) in [6.45, 7) is 2.41. The molecule has 0 saturated carbocycles. The van der Waals surface area contributed by atoms with E-state index >= 15 is 0 Å². The SMILES string of the molecule is CC(=O)[C@@](C)(O)C(=O)c1ccccc1. The summed E-state index contributed by atoms with van der Waals surface area (Å²) in [4.78, 5) is 22.6. The van der Waals surface area contributed by atoms with Crippen molar-refractivity contribution in [2.24, 2.45) is 0 Å². The van der Waals surface area contributed by atoms with Gasteiger partial charge in [-0.05, 0) is 13.8 Å². The Labute approximate surface area is 82.4 Å². The summed E-state index contributed by atoms with van der Waals surface area (Å²) >= 11 is 0. The van der Waals surface area contributed by atoms with Crippen LogP contribution in [0.15, 0.2) is 30.3 Å². The van der Waals surface area contributed by atoms with Crippen LogP contribution >= 0.6 is 0 Å². The lowest BCUT2D eigenvalue weighted by molar-refractivity contribution is -0.129. The van der Waals surface area contributed by atoms with Crippen molar-refractivity contribution in [1.29, 1.82) is 0 Å². The molecule has 3 heteroatoms. The summed E-state index contributed by atoms with van der Waals surface area (Å²) in [5.74, 6) is -1.11. The van der Waals surface area contributed by atoms with Crippen LogP contribution in [0.5, 0.6) is 0 Å². The molecule has 0 bridgehead atoms. The molecule has 1 aromatic carbocycles. The van der Waals surface area contributed by atoms with Gasteiger partial charge in [-0.15, -0.1) is 0 Å². The number of Topliss-reactive ketones (excluding diaryl/α,β-unsaturated/α-hetero) is 2. The number of hydrogen-bond acceptors (Lipinski definition) is 3. The second-order valence-electron chi connectivity index (χ2n) is 3.32. The van der Waals surface area contributed by atoms with Crippen molar-refractivity contribution in [1.82, 2.24) is 0 Å². The average molecular weight is 192 g/mol. The lowest BCUT2D eigenvalue weighted by Crippen LogP contribution is -2.42. The van der Waals surface area contributed by atoms with Crippen molar-refractivity contribution >= 4 is 11.6 Å². The maximum absolute atomic E-state index is 11.6. The van der Waals surface area contributed by atoms with Crippen LogP contribution in [-0.2, 0) is 4.79 Å². The van der Waals surface area contributed by atoms with Gasteiger partial charge >= 0.3 is 0 Å². The van der Waals surface area contributed by atoms with Crippen molar-refractivity contribution in [3.63, 3.8) is 0 Å². The fourth-order valence-corrected chi connectivity index (χ4v) is 1.03. The first kappa shape index (κ1) is 10.6. The number of aliphatic hydroxyl groups is 1. The molecule has 1 N–H and O–H groups in total. The quantitative estimate of drug-likeness (QED) is 0.578. The van der Waals surface area contributed by atoms with Gasteiger partial charge < -0.3 is 5.11 Å². The van der Waals surface area contributed by atoms with Gasteiger partial charge in [0.05, 0.1) is 0 Å². The van der Waals surface area contributed by atoms with E-state index < -0.39 is 17.2 Å². The van der Waals surface area contributed by atoms with Gasteiger partial charge in [-0.25, -0.2) is 0 Å². The van der Waals surface area contributed by atoms with Gasteiger partial charge in [-0.2, -0.15) is 0 Å². The van der Waals surface area contributed by atoms with E-state index in [1.54, 1.807) is 30.3 Å². The Morgan fingerprint density at radius 1 is 1.21 bits per heavy atom. The van der Waals surface area contributed by atoms with Gasteiger partial charge in [0.25, 0.3) is 0 Å². The highest BCUT2D eigenvalue weighted by atomic mass is 16.3. The molecular weight excluding hydrogens is 180 g/mol. The van der Waals surface area contributed by atoms with Gasteiger partial charge in [0.1, 0.15) is 0 Å². The van der Waals surface area contributed by atoms with Gasteiger partial charge in [-0.3, -0.25) is 9.59 Å². The molecule has 74 valence electrons. The largest absolute Gasteiger partial charge is 0.374 e. The zero-order valence-corrected chi connectivity index (χ0v) is 8.15. The maximum atomic E-state index is 11.6. The Morgan fingerprint density at radius 3 is 2.14 bits per heavy atom. The Morgan fingerprint density at radius 2 is 1.71 bits per heavy atom. The van der Waals surface area contributed by atoms with E-state index in [2.05, 4.69) is 0 Å². The van der Waals surface area contributed by atoms with E-state index in [0.717, 1.165) is 0 Å². The predicted molar refractivity (Wildman–Crippen MR) is 52.1 cm³/mol. The third-order valence-corrected chi connectivity index (χ3v) is 2.16. The Kier molecular flexibility index (Phi) is 2.81. The molecule has 0 saturated heterocycles. The zero-order valence-electron chi connectivity index (χ0n) is 8.15. The molecule has 0 aliphatic heterocycles. The highest BCUT2D eigenvalue weighted by Crippen LogP contribution is 2.13. The molecule has 0 fully saturated rings. The van der Waals surface area contributed by atoms with Gasteiger partial charge in [-0.1, -0.05) is 30.3 Å². The maximum Gasteiger partial charge on any atom is 0.201 e. The Hall–Kier alpha value is -1.48. The van der Waals surface area contributed by atoms with Crippen LogP contribution in [0.25, 0.3) is 0 Å². The normalized spacial score (nSPS) is 14.5. The molecule has 0 heterocycles. The van der Waals surface area contributed by atoms with Crippen LogP contribution in [0.4, 0.5) is 0 Å². The van der Waals surface area contributed by atoms with Crippen molar-refractivity contribution < 1.29 is 14.7 Å². The number of carbonyl (C=O) groups is 2. The fourth-order valence-electron chi connectivity index (χ4n) is 1.03. The smallest absolute Gasteiger partial charge is 0.201 e. The minimum absolute atomic E-state index is 0.340. The van der Waals surface area contributed by atoms with Crippen LogP contribution in [0.2, 0.25) is 0 Å². The Bertz CT molecular complexity index is 352. The van der Waals surface area contributed by atoms with Crippen molar-refractivity contribution in [3.8, 4) is 0 Å². The number of hydrogen-bond donors (Lipinski definition) is 1. The highest BCUT2D eigenvalue weighted by molar-refractivity contribution is 6.16. The molecule has 0 amide bonds. The summed E-state index contributed by atoms with van der Waals surface area (Å²) in [6.07, 6.45) is 0. The standard InChI is InChI=1S/C11H12O3/c1-8(12)11(2,14)10(13)9-6-4-3-5-7-9/h3-7,14H,1-2H3/t11-/m1/s1. The van der Waals surface area contributed by atoms with Crippen LogP contribution in [0.1, 0.15) is 24.2 Å². The molecule has 14 heavy (non-hydrogen) atoms. The van der Waals surface area contributed by atoms with Gasteiger partial charge in [0.15, 0.2) is 11.4 Å². The molecule has 0 unspecified atom stereocenters. The van der Waals surface area contributed by atoms with E-state index in [4.69, 9.17) is 0 Å². The van der Waals surface area contributed by atoms with Crippen molar-refractivity contribution in [2.75, 3.05) is 0 Å². The monoisotopic (exact) mass is 192 g/mol. The highest BCUT2D eigenvalue weighted by Gasteiger charge is 2.35. The molecule has 0 radical (unpaired) electrons. The number of ketones is 2. The summed E-state index contributed by atoms with van der Waals surface area (Å²) in [7, 11) is 0. The van der Waals surface area contributed by atoms with Crippen LogP contribution in [0, 0.1) is 0 Å². The minimum atomic E-state index is -1.92. The predicted octanol–water partition coefficient (Wildman–Crippen LogP) is 1.21. The van der Waals surface area contributed by atoms with Crippen molar-refractivity contribution in [2.45, 2.75) is 19.4 Å². The zero-order chi connectivity index (χ0) is 10.8. The third kappa shape index (κ3) is 1.88. The molecule has 1 aromatic rings. The number of benzene rings is 1. The van der Waals surface area contributed by atoms with E-state index in [-0.39, 0.29) is 0 Å². The van der Waals surface area contributed by atoms with Crippen molar-refractivity contribution in [3.05, 3.63) is 35.9 Å². The first-order valence-electron chi connectivity index (χ1n) is 4.29. The van der Waals surface area contributed by atoms with Gasteiger partial charge in [0.2, 0.25) is 5.78 Å². The van der Waals surface area contributed by atoms with Crippen LogP contribution in [0.3, 0.4) is 0 Å². The minimum Gasteiger partial charge on any atom is -0.374 e. The summed E-state index contributed by atoms with van der Waals surface area (Å²) in [6, 6.07) is 8.27. The first-order valence-corrected chi connectivity index (χ1v) is 4.29. The van der Waals surface area contributed by atoms with E-state index in [9.17, 15) is 14.7 Å². The number of rotatable bonds is 3. The van der Waals surface area contributed by atoms with E-state index in [0.29, 0.717) is 5.56 Å². The topological polar surface area (TPSA) is 54.4 Å².